The van der Waals surface area contributed by atoms with Gasteiger partial charge >= 0.3 is 0 Å². The molecule has 1 atom stereocenters. The van der Waals surface area contributed by atoms with Crippen molar-refractivity contribution in [2.75, 3.05) is 13.3 Å². The molecule has 0 unspecified atom stereocenters. The largest absolute Gasteiger partial charge is 0.454 e. The number of nitrogens with one attached hydrogen (secondary N) is 1. The van der Waals surface area contributed by atoms with Crippen LogP contribution in [0, 0.1) is 0 Å². The summed E-state index contributed by atoms with van der Waals surface area (Å²) in [7, 11) is 0. The molecule has 0 aliphatic carbocycles. The Morgan fingerprint density at radius 3 is 3.04 bits per heavy atom. The van der Waals surface area contributed by atoms with Gasteiger partial charge in [-0.05, 0) is 41.3 Å². The van der Waals surface area contributed by atoms with E-state index < -0.39 is 0 Å². The van der Waals surface area contributed by atoms with Crippen molar-refractivity contribution in [3.63, 3.8) is 0 Å². The number of aromatic nitrogens is 2. The minimum atomic E-state index is -0.156. The monoisotopic (exact) mass is 367 g/mol. The Morgan fingerprint density at radius 2 is 2.23 bits per heavy atom. The van der Waals surface area contributed by atoms with Crippen LogP contribution in [-0.4, -0.2) is 29.0 Å². The summed E-state index contributed by atoms with van der Waals surface area (Å²) in [6, 6.07) is 11.5. The molecular formula is C19H17N3O3S. The summed E-state index contributed by atoms with van der Waals surface area (Å²) in [6.07, 6.45) is 6.92. The molecule has 1 aliphatic heterocycles. The Kier molecular flexibility index (Phi) is 4.70. The Morgan fingerprint density at radius 1 is 1.31 bits per heavy atom. The fraction of sp³-hybridized carbons (Fsp3) is 0.158. The molecule has 0 spiro atoms. The van der Waals surface area contributed by atoms with Crippen molar-refractivity contribution in [3.8, 4) is 11.5 Å². The van der Waals surface area contributed by atoms with Gasteiger partial charge in [0.15, 0.2) is 11.5 Å². The SMILES string of the molecule is O=C(/C=C/c1ccc2c(c1)OCO2)NC[C@@H](c1cccs1)n1cccn1. The first-order valence-electron chi connectivity index (χ1n) is 8.18. The van der Waals surface area contributed by atoms with E-state index in [2.05, 4.69) is 10.4 Å². The predicted molar refractivity (Wildman–Crippen MR) is 99.3 cm³/mol. The summed E-state index contributed by atoms with van der Waals surface area (Å²) in [4.78, 5) is 13.4. The first-order valence-corrected chi connectivity index (χ1v) is 9.06. The molecule has 7 heteroatoms. The first-order chi connectivity index (χ1) is 12.8. The van der Waals surface area contributed by atoms with Crippen LogP contribution in [0.15, 0.2) is 60.2 Å². The summed E-state index contributed by atoms with van der Waals surface area (Å²) in [6.45, 7) is 0.701. The van der Waals surface area contributed by atoms with Crippen molar-refractivity contribution in [1.29, 1.82) is 0 Å². The molecule has 0 radical (unpaired) electrons. The average Bonchev–Trinajstić information content (AvgIpc) is 3.41. The number of hydrogen-bond acceptors (Lipinski definition) is 5. The Labute approximate surface area is 154 Å². The number of nitrogens with zero attached hydrogens (tertiary/aromatic N) is 2. The highest BCUT2D eigenvalue weighted by Crippen LogP contribution is 2.32. The lowest BCUT2D eigenvalue weighted by molar-refractivity contribution is -0.116. The highest BCUT2D eigenvalue weighted by Gasteiger charge is 2.16. The van der Waals surface area contributed by atoms with Gasteiger partial charge in [0, 0.05) is 29.9 Å². The Balaban J connectivity index is 1.39. The molecule has 132 valence electrons. The topological polar surface area (TPSA) is 65.4 Å². The lowest BCUT2D eigenvalue weighted by Crippen LogP contribution is -2.30. The summed E-state index contributed by atoms with van der Waals surface area (Å²) in [5.41, 5.74) is 0.881. The number of hydrogen-bond donors (Lipinski definition) is 1. The number of carbonyl (C=O) groups excluding carboxylic acids is 1. The van der Waals surface area contributed by atoms with Gasteiger partial charge in [0.25, 0.3) is 0 Å². The van der Waals surface area contributed by atoms with Crippen molar-refractivity contribution >= 4 is 23.3 Å². The van der Waals surface area contributed by atoms with Crippen LogP contribution >= 0.6 is 11.3 Å². The van der Waals surface area contributed by atoms with Crippen LogP contribution in [0.4, 0.5) is 0 Å². The second kappa shape index (κ2) is 7.45. The highest BCUT2D eigenvalue weighted by atomic mass is 32.1. The third-order valence-corrected chi connectivity index (χ3v) is 4.98. The quantitative estimate of drug-likeness (QED) is 0.680. The maximum absolute atomic E-state index is 12.2. The molecule has 0 fully saturated rings. The van der Waals surface area contributed by atoms with E-state index in [1.807, 2.05) is 52.7 Å². The number of fused-ring (bicyclic) bond motifs is 1. The first kappa shape index (κ1) is 16.4. The lowest BCUT2D eigenvalue weighted by Gasteiger charge is -2.16. The third-order valence-electron chi connectivity index (χ3n) is 4.01. The minimum absolute atomic E-state index is 0.0205. The molecular weight excluding hydrogens is 350 g/mol. The van der Waals surface area contributed by atoms with Crippen molar-refractivity contribution in [2.45, 2.75) is 6.04 Å². The standard InChI is InChI=1S/C19H17N3O3S/c23-19(7-5-14-4-6-16-17(11-14)25-13-24-16)20-12-15(18-3-1-10-26-18)22-9-2-8-21-22/h1-11,15H,12-13H2,(H,20,23)/b7-5+/t15-/m0/s1. The molecule has 1 N–H and O–H groups in total. The molecule has 26 heavy (non-hydrogen) atoms. The van der Waals surface area contributed by atoms with Gasteiger partial charge in [-0.25, -0.2) is 0 Å². The van der Waals surface area contributed by atoms with E-state index >= 15 is 0 Å². The average molecular weight is 367 g/mol. The van der Waals surface area contributed by atoms with Crippen LogP contribution in [0.5, 0.6) is 11.5 Å². The molecule has 0 bridgehead atoms. The molecule has 0 saturated heterocycles. The molecule has 0 saturated carbocycles. The van der Waals surface area contributed by atoms with Crippen LogP contribution in [0.25, 0.3) is 6.08 Å². The Bertz CT molecular complexity index is 870. The normalized spacial score (nSPS) is 13.8. The Hall–Kier alpha value is -3.06. The van der Waals surface area contributed by atoms with Gasteiger partial charge in [-0.15, -0.1) is 11.3 Å². The van der Waals surface area contributed by atoms with Gasteiger partial charge in [-0.3, -0.25) is 9.48 Å². The number of benzene rings is 1. The minimum Gasteiger partial charge on any atom is -0.454 e. The van der Waals surface area contributed by atoms with Gasteiger partial charge in [-0.1, -0.05) is 12.1 Å². The van der Waals surface area contributed by atoms with Crippen LogP contribution < -0.4 is 14.8 Å². The van der Waals surface area contributed by atoms with Gasteiger partial charge in [0.2, 0.25) is 12.7 Å². The molecule has 6 nitrogen and oxygen atoms in total. The number of thiophene rings is 1. The maximum Gasteiger partial charge on any atom is 0.244 e. The maximum atomic E-state index is 12.2. The zero-order valence-electron chi connectivity index (χ0n) is 13.9. The predicted octanol–water partition coefficient (Wildman–Crippen LogP) is 3.09. The third kappa shape index (κ3) is 3.62. The lowest BCUT2D eigenvalue weighted by atomic mass is 10.2. The van der Waals surface area contributed by atoms with Crippen molar-refractivity contribution in [3.05, 3.63) is 70.7 Å². The van der Waals surface area contributed by atoms with Gasteiger partial charge in [-0.2, -0.15) is 5.10 Å². The fourth-order valence-corrected chi connectivity index (χ4v) is 3.54. The summed E-state index contributed by atoms with van der Waals surface area (Å²) in [5, 5.41) is 9.27. The zero-order valence-corrected chi connectivity index (χ0v) is 14.7. The van der Waals surface area contributed by atoms with E-state index in [0.29, 0.717) is 12.3 Å². The van der Waals surface area contributed by atoms with Gasteiger partial charge in [0.1, 0.15) is 6.04 Å². The van der Waals surface area contributed by atoms with Crippen LogP contribution in [0.3, 0.4) is 0 Å². The van der Waals surface area contributed by atoms with Crippen LogP contribution in [0.1, 0.15) is 16.5 Å². The molecule has 4 rings (SSSR count). The van der Waals surface area contributed by atoms with E-state index in [-0.39, 0.29) is 18.7 Å². The van der Waals surface area contributed by atoms with Crippen molar-refractivity contribution in [2.24, 2.45) is 0 Å². The molecule has 1 aromatic carbocycles. The molecule has 3 heterocycles. The summed E-state index contributed by atoms with van der Waals surface area (Å²) >= 11 is 1.65. The second-order valence-electron chi connectivity index (χ2n) is 5.71. The number of rotatable bonds is 6. The van der Waals surface area contributed by atoms with Gasteiger partial charge < -0.3 is 14.8 Å². The number of amides is 1. The van der Waals surface area contributed by atoms with E-state index in [1.165, 1.54) is 6.08 Å². The number of ether oxygens (including phenoxy) is 2. The summed E-state index contributed by atoms with van der Waals surface area (Å²) in [5.74, 6) is 1.27. The van der Waals surface area contributed by atoms with E-state index in [0.717, 1.165) is 16.2 Å². The fourth-order valence-electron chi connectivity index (χ4n) is 2.72. The zero-order chi connectivity index (χ0) is 17.8. The second-order valence-corrected chi connectivity index (χ2v) is 6.69. The van der Waals surface area contributed by atoms with Crippen LogP contribution in [-0.2, 0) is 4.79 Å². The van der Waals surface area contributed by atoms with E-state index in [1.54, 1.807) is 23.6 Å². The van der Waals surface area contributed by atoms with E-state index in [4.69, 9.17) is 9.47 Å². The van der Waals surface area contributed by atoms with Gasteiger partial charge in [0.05, 0.1) is 0 Å². The molecule has 1 amide bonds. The van der Waals surface area contributed by atoms with E-state index in [9.17, 15) is 4.79 Å². The molecule has 3 aromatic rings. The molecule has 1 aliphatic rings. The molecule has 2 aromatic heterocycles. The highest BCUT2D eigenvalue weighted by molar-refractivity contribution is 7.10. The van der Waals surface area contributed by atoms with Crippen LogP contribution in [0.2, 0.25) is 0 Å². The smallest absolute Gasteiger partial charge is 0.244 e. The summed E-state index contributed by atoms with van der Waals surface area (Å²) < 4.78 is 12.5. The van der Waals surface area contributed by atoms with Crippen molar-refractivity contribution < 1.29 is 14.3 Å². The van der Waals surface area contributed by atoms with Crippen molar-refractivity contribution in [1.82, 2.24) is 15.1 Å². The number of carbonyl (C=O) groups is 1.